The smallest absolute Gasteiger partial charge is 0.249 e. The minimum Gasteiger partial charge on any atom is -0.295 e. The summed E-state index contributed by atoms with van der Waals surface area (Å²) in [5.74, 6) is -0.388. The minimum absolute atomic E-state index is 0.192. The van der Waals surface area contributed by atoms with Crippen LogP contribution >= 0.6 is 0 Å². The second kappa shape index (κ2) is 4.49. The van der Waals surface area contributed by atoms with Gasteiger partial charge in [-0.1, -0.05) is 6.07 Å². The van der Waals surface area contributed by atoms with Crippen molar-refractivity contribution in [1.82, 2.24) is 15.2 Å². The highest BCUT2D eigenvalue weighted by molar-refractivity contribution is 6.02. The van der Waals surface area contributed by atoms with Crippen molar-refractivity contribution < 1.29 is 9.59 Å². The van der Waals surface area contributed by atoms with Gasteiger partial charge in [-0.25, -0.2) is 0 Å². The maximum Gasteiger partial charge on any atom is 0.249 e. The lowest BCUT2D eigenvalue weighted by atomic mass is 10.00. The Morgan fingerprint density at radius 3 is 2.78 bits per heavy atom. The normalized spacial score (nSPS) is 19.2. The summed E-state index contributed by atoms with van der Waals surface area (Å²) in [5.41, 5.74) is 1.20. The second-order valence-corrected chi connectivity index (χ2v) is 5.13. The van der Waals surface area contributed by atoms with Gasteiger partial charge in [0.25, 0.3) is 0 Å². The van der Waals surface area contributed by atoms with E-state index >= 15 is 0 Å². The Morgan fingerprint density at radius 2 is 2.11 bits per heavy atom. The predicted molar refractivity (Wildman–Crippen MR) is 66.6 cm³/mol. The predicted octanol–water partition coefficient (Wildman–Crippen LogP) is 0.627. The molecule has 0 spiro atoms. The van der Waals surface area contributed by atoms with Gasteiger partial charge in [-0.2, -0.15) is 0 Å². The summed E-state index contributed by atoms with van der Waals surface area (Å²) in [4.78, 5) is 29.3. The van der Waals surface area contributed by atoms with Crippen LogP contribution in [0.5, 0.6) is 0 Å². The van der Waals surface area contributed by atoms with Gasteiger partial charge in [0.1, 0.15) is 0 Å². The Labute approximate surface area is 106 Å². The molecule has 1 aromatic rings. The van der Waals surface area contributed by atoms with Gasteiger partial charge in [0.2, 0.25) is 11.8 Å². The first-order valence-electron chi connectivity index (χ1n) is 5.90. The van der Waals surface area contributed by atoms with Crippen LogP contribution in [0.25, 0.3) is 0 Å². The maximum atomic E-state index is 12.2. The van der Waals surface area contributed by atoms with E-state index in [-0.39, 0.29) is 24.9 Å². The number of carbonyl (C=O) groups excluding carboxylic acids is 2. The zero-order valence-electron chi connectivity index (χ0n) is 10.9. The summed E-state index contributed by atoms with van der Waals surface area (Å²) < 4.78 is 0. The number of hydrogen-bond acceptors (Lipinski definition) is 4. The molecule has 2 amide bonds. The monoisotopic (exact) mass is 247 g/mol. The van der Waals surface area contributed by atoms with Crippen molar-refractivity contribution in [2.45, 2.75) is 32.9 Å². The summed E-state index contributed by atoms with van der Waals surface area (Å²) >= 11 is 0. The number of carbonyl (C=O) groups is 2. The van der Waals surface area contributed by atoms with Crippen LogP contribution in [0.15, 0.2) is 18.5 Å². The van der Waals surface area contributed by atoms with Gasteiger partial charge in [0.05, 0.1) is 18.6 Å². The minimum atomic E-state index is -0.689. The highest BCUT2D eigenvalue weighted by Gasteiger charge is 2.39. The second-order valence-electron chi connectivity index (χ2n) is 5.13. The highest BCUT2D eigenvalue weighted by Crippen LogP contribution is 2.16. The molecule has 0 aromatic carbocycles. The van der Waals surface area contributed by atoms with Gasteiger partial charge in [0, 0.05) is 12.4 Å². The molecule has 2 rings (SSSR count). The molecular weight excluding hydrogens is 230 g/mol. The van der Waals surface area contributed by atoms with Gasteiger partial charge < -0.3 is 0 Å². The fraction of sp³-hybridized carbons (Fsp3) is 0.462. The van der Waals surface area contributed by atoms with Gasteiger partial charge in [-0.15, -0.1) is 0 Å². The molecule has 0 saturated carbocycles. The molecule has 96 valence electrons. The number of amides is 2. The first-order chi connectivity index (χ1) is 8.40. The molecule has 18 heavy (non-hydrogen) atoms. The number of imide groups is 1. The molecule has 1 fully saturated rings. The fourth-order valence-electron chi connectivity index (χ4n) is 1.96. The van der Waals surface area contributed by atoms with E-state index in [0.29, 0.717) is 0 Å². The Morgan fingerprint density at radius 1 is 1.39 bits per heavy atom. The molecule has 1 aliphatic rings. The average Bonchev–Trinajstić information content (AvgIpc) is 2.31. The van der Waals surface area contributed by atoms with Crippen molar-refractivity contribution in [3.63, 3.8) is 0 Å². The van der Waals surface area contributed by atoms with Crippen LogP contribution in [0.4, 0.5) is 0 Å². The summed E-state index contributed by atoms with van der Waals surface area (Å²) in [6, 6.07) is 1.93. The SMILES string of the molecule is Cc1cncc(CN2C(=O)CNC(C)(C)C2=O)c1. The summed E-state index contributed by atoms with van der Waals surface area (Å²) in [5, 5.41) is 2.93. The van der Waals surface area contributed by atoms with Crippen LogP contribution in [0, 0.1) is 6.92 Å². The maximum absolute atomic E-state index is 12.2. The van der Waals surface area contributed by atoms with E-state index in [1.165, 1.54) is 4.90 Å². The lowest BCUT2D eigenvalue weighted by Gasteiger charge is -2.36. The number of rotatable bonds is 2. The Bertz CT molecular complexity index is 497. The van der Waals surface area contributed by atoms with Gasteiger partial charge in [0.15, 0.2) is 0 Å². The third-order valence-corrected chi connectivity index (χ3v) is 3.03. The van der Waals surface area contributed by atoms with Crippen LogP contribution in [-0.4, -0.2) is 33.8 Å². The Balaban J connectivity index is 2.21. The molecule has 2 heterocycles. The topological polar surface area (TPSA) is 62.3 Å². The number of hydrogen-bond donors (Lipinski definition) is 1. The Kier molecular flexibility index (Phi) is 3.17. The molecule has 0 radical (unpaired) electrons. The zero-order valence-corrected chi connectivity index (χ0v) is 10.9. The van der Waals surface area contributed by atoms with E-state index < -0.39 is 5.54 Å². The first-order valence-corrected chi connectivity index (χ1v) is 5.90. The average molecular weight is 247 g/mol. The van der Waals surface area contributed by atoms with Gasteiger partial charge >= 0.3 is 0 Å². The summed E-state index contributed by atoms with van der Waals surface area (Å²) in [6.45, 7) is 5.98. The van der Waals surface area contributed by atoms with Crippen LogP contribution in [0.2, 0.25) is 0 Å². The van der Waals surface area contributed by atoms with Crippen molar-refractivity contribution >= 4 is 11.8 Å². The fourth-order valence-corrected chi connectivity index (χ4v) is 1.96. The van der Waals surface area contributed by atoms with E-state index in [1.807, 2.05) is 13.0 Å². The molecule has 0 bridgehead atoms. The molecule has 1 N–H and O–H groups in total. The molecule has 1 saturated heterocycles. The zero-order chi connectivity index (χ0) is 13.3. The number of nitrogens with zero attached hydrogens (tertiary/aromatic N) is 2. The van der Waals surface area contributed by atoms with Crippen molar-refractivity contribution in [2.24, 2.45) is 0 Å². The number of piperazine rings is 1. The van der Waals surface area contributed by atoms with Crippen molar-refractivity contribution in [3.8, 4) is 0 Å². The third kappa shape index (κ3) is 2.41. The molecule has 0 aliphatic carbocycles. The highest BCUT2D eigenvalue weighted by atomic mass is 16.2. The standard InChI is InChI=1S/C13H17N3O2/c1-9-4-10(6-14-5-9)8-16-11(17)7-15-13(2,3)12(16)18/h4-6,15H,7-8H2,1-3H3. The van der Waals surface area contributed by atoms with Gasteiger partial charge in [-0.05, 0) is 31.9 Å². The number of aryl methyl sites for hydroxylation is 1. The number of nitrogens with one attached hydrogen (secondary N) is 1. The summed E-state index contributed by atoms with van der Waals surface area (Å²) in [7, 11) is 0. The van der Waals surface area contributed by atoms with Crippen molar-refractivity contribution in [1.29, 1.82) is 0 Å². The molecule has 1 aromatic heterocycles. The summed E-state index contributed by atoms with van der Waals surface area (Å²) in [6.07, 6.45) is 3.43. The molecule has 0 unspecified atom stereocenters. The van der Waals surface area contributed by atoms with Crippen LogP contribution in [-0.2, 0) is 16.1 Å². The lowest BCUT2D eigenvalue weighted by Crippen LogP contribution is -2.63. The van der Waals surface area contributed by atoms with E-state index in [0.717, 1.165) is 11.1 Å². The van der Waals surface area contributed by atoms with E-state index in [2.05, 4.69) is 10.3 Å². The Hall–Kier alpha value is -1.75. The quantitative estimate of drug-likeness (QED) is 0.778. The molecular formula is C13H17N3O2. The molecule has 5 heteroatoms. The number of aromatic nitrogens is 1. The van der Waals surface area contributed by atoms with E-state index in [1.54, 1.807) is 26.2 Å². The van der Waals surface area contributed by atoms with Crippen LogP contribution < -0.4 is 5.32 Å². The lowest BCUT2D eigenvalue weighted by molar-refractivity contribution is -0.153. The largest absolute Gasteiger partial charge is 0.295 e. The van der Waals surface area contributed by atoms with Crippen molar-refractivity contribution in [2.75, 3.05) is 6.54 Å². The molecule has 1 aliphatic heterocycles. The van der Waals surface area contributed by atoms with Crippen LogP contribution in [0.1, 0.15) is 25.0 Å². The van der Waals surface area contributed by atoms with E-state index in [9.17, 15) is 9.59 Å². The van der Waals surface area contributed by atoms with E-state index in [4.69, 9.17) is 0 Å². The molecule has 5 nitrogen and oxygen atoms in total. The first kappa shape index (κ1) is 12.7. The van der Waals surface area contributed by atoms with Crippen LogP contribution in [0.3, 0.4) is 0 Å². The third-order valence-electron chi connectivity index (χ3n) is 3.03. The van der Waals surface area contributed by atoms with Gasteiger partial charge in [-0.3, -0.25) is 24.8 Å². The van der Waals surface area contributed by atoms with Crippen molar-refractivity contribution in [3.05, 3.63) is 29.6 Å². The molecule has 0 atom stereocenters. The number of pyridine rings is 1.